The van der Waals surface area contributed by atoms with Crippen molar-refractivity contribution in [3.8, 4) is 0 Å². The van der Waals surface area contributed by atoms with Crippen molar-refractivity contribution in [1.82, 2.24) is 15.2 Å². The first kappa shape index (κ1) is 12.9. The molecule has 1 N–H and O–H groups in total. The van der Waals surface area contributed by atoms with Crippen molar-refractivity contribution >= 4 is 23.7 Å². The van der Waals surface area contributed by atoms with Gasteiger partial charge >= 0.3 is 0 Å². The van der Waals surface area contributed by atoms with E-state index < -0.39 is 0 Å². The highest BCUT2D eigenvalue weighted by Crippen LogP contribution is 2.13. The molecule has 1 aromatic heterocycles. The van der Waals surface area contributed by atoms with Gasteiger partial charge in [0.1, 0.15) is 0 Å². The van der Waals surface area contributed by atoms with Gasteiger partial charge in [-0.25, -0.2) is 4.98 Å². The van der Waals surface area contributed by atoms with Crippen LogP contribution in [0.25, 0.3) is 0 Å². The quantitative estimate of drug-likeness (QED) is 0.882. The second-order valence-electron chi connectivity index (χ2n) is 3.84. The zero-order valence-electron chi connectivity index (χ0n) is 8.98. The van der Waals surface area contributed by atoms with Gasteiger partial charge in [-0.3, -0.25) is 4.90 Å². The molecule has 2 heterocycles. The predicted octanol–water partition coefficient (Wildman–Crippen LogP) is 1.75. The standard InChI is InChI=1S/C10H17N3S.ClH/c1-11-9-3-2-4-13(5-9)6-10-7-14-8-12-10;/h7-9,11H,2-6H2,1H3;1H. The number of halogens is 1. The van der Waals surface area contributed by atoms with Crippen molar-refractivity contribution in [3.05, 3.63) is 16.6 Å². The van der Waals surface area contributed by atoms with Crippen LogP contribution in [0.2, 0.25) is 0 Å². The molecule has 1 aliphatic heterocycles. The molecule has 1 aromatic rings. The second-order valence-corrected chi connectivity index (χ2v) is 4.56. The van der Waals surface area contributed by atoms with E-state index in [1.54, 1.807) is 11.3 Å². The zero-order valence-corrected chi connectivity index (χ0v) is 10.6. The molecule has 0 bridgehead atoms. The molecule has 15 heavy (non-hydrogen) atoms. The monoisotopic (exact) mass is 247 g/mol. The van der Waals surface area contributed by atoms with Crippen LogP contribution in [0.3, 0.4) is 0 Å². The summed E-state index contributed by atoms with van der Waals surface area (Å²) in [5.74, 6) is 0. The number of nitrogens with one attached hydrogen (secondary N) is 1. The molecule has 0 saturated carbocycles. The van der Waals surface area contributed by atoms with E-state index in [-0.39, 0.29) is 12.4 Å². The lowest BCUT2D eigenvalue weighted by Crippen LogP contribution is -2.43. The van der Waals surface area contributed by atoms with Crippen molar-refractivity contribution in [3.63, 3.8) is 0 Å². The highest BCUT2D eigenvalue weighted by atomic mass is 35.5. The summed E-state index contributed by atoms with van der Waals surface area (Å²) in [4.78, 5) is 6.80. The lowest BCUT2D eigenvalue weighted by atomic mass is 10.1. The number of rotatable bonds is 3. The van der Waals surface area contributed by atoms with Gasteiger partial charge in [-0.05, 0) is 26.4 Å². The molecule has 1 atom stereocenters. The molecule has 0 amide bonds. The highest BCUT2D eigenvalue weighted by Gasteiger charge is 2.18. The third-order valence-electron chi connectivity index (χ3n) is 2.78. The second kappa shape index (κ2) is 6.43. The molecule has 0 radical (unpaired) electrons. The molecule has 1 fully saturated rings. The Balaban J connectivity index is 0.00000112. The summed E-state index contributed by atoms with van der Waals surface area (Å²) in [5.41, 5.74) is 3.13. The summed E-state index contributed by atoms with van der Waals surface area (Å²) < 4.78 is 0. The Morgan fingerprint density at radius 2 is 2.53 bits per heavy atom. The number of aromatic nitrogens is 1. The maximum absolute atomic E-state index is 4.32. The van der Waals surface area contributed by atoms with Crippen LogP contribution >= 0.6 is 23.7 Å². The van der Waals surface area contributed by atoms with E-state index in [0.717, 1.165) is 13.1 Å². The first-order valence-electron chi connectivity index (χ1n) is 5.15. The Morgan fingerprint density at radius 1 is 1.67 bits per heavy atom. The number of likely N-dealkylation sites (N-methyl/N-ethyl adjacent to an activating group) is 1. The Bertz CT molecular complexity index is 266. The van der Waals surface area contributed by atoms with E-state index in [1.165, 1.54) is 25.1 Å². The molecule has 86 valence electrons. The van der Waals surface area contributed by atoms with E-state index in [9.17, 15) is 0 Å². The van der Waals surface area contributed by atoms with Gasteiger partial charge in [0, 0.05) is 24.5 Å². The first-order valence-corrected chi connectivity index (χ1v) is 6.09. The third kappa shape index (κ3) is 3.72. The zero-order chi connectivity index (χ0) is 9.80. The molecular formula is C10H18ClN3S. The SMILES string of the molecule is CNC1CCCN(Cc2cscn2)C1.Cl. The fourth-order valence-corrected chi connectivity index (χ4v) is 2.53. The molecule has 0 spiro atoms. The van der Waals surface area contributed by atoms with Gasteiger partial charge in [-0.1, -0.05) is 0 Å². The molecular weight excluding hydrogens is 230 g/mol. The first-order chi connectivity index (χ1) is 6.88. The number of piperidine rings is 1. The molecule has 0 aromatic carbocycles. The molecule has 1 aliphatic rings. The van der Waals surface area contributed by atoms with Crippen molar-refractivity contribution in [2.24, 2.45) is 0 Å². The summed E-state index contributed by atoms with van der Waals surface area (Å²) in [6.45, 7) is 3.39. The van der Waals surface area contributed by atoms with Crippen LogP contribution in [-0.2, 0) is 6.54 Å². The van der Waals surface area contributed by atoms with Crippen LogP contribution in [0.1, 0.15) is 18.5 Å². The van der Waals surface area contributed by atoms with Crippen molar-refractivity contribution < 1.29 is 0 Å². The molecule has 5 heteroatoms. The molecule has 3 nitrogen and oxygen atoms in total. The van der Waals surface area contributed by atoms with Gasteiger partial charge in [0.2, 0.25) is 0 Å². The van der Waals surface area contributed by atoms with Gasteiger partial charge in [0.05, 0.1) is 11.2 Å². The third-order valence-corrected chi connectivity index (χ3v) is 3.42. The lowest BCUT2D eigenvalue weighted by Gasteiger charge is -2.31. The highest BCUT2D eigenvalue weighted by molar-refractivity contribution is 7.07. The number of likely N-dealkylation sites (tertiary alicyclic amines) is 1. The van der Waals surface area contributed by atoms with E-state index in [0.29, 0.717) is 6.04 Å². The van der Waals surface area contributed by atoms with Crippen LogP contribution in [0.15, 0.2) is 10.9 Å². The van der Waals surface area contributed by atoms with Crippen LogP contribution < -0.4 is 5.32 Å². The number of thiazole rings is 1. The molecule has 1 unspecified atom stereocenters. The average Bonchev–Trinajstić information content (AvgIpc) is 2.71. The van der Waals surface area contributed by atoms with Gasteiger partial charge in [-0.2, -0.15) is 0 Å². The minimum absolute atomic E-state index is 0. The molecule has 2 rings (SSSR count). The molecule has 0 aliphatic carbocycles. The number of hydrogen-bond acceptors (Lipinski definition) is 4. The Labute approximate surface area is 101 Å². The van der Waals surface area contributed by atoms with Gasteiger partial charge in [0.15, 0.2) is 0 Å². The average molecular weight is 248 g/mol. The van der Waals surface area contributed by atoms with Crippen LogP contribution in [-0.4, -0.2) is 36.1 Å². The van der Waals surface area contributed by atoms with Crippen LogP contribution in [0.5, 0.6) is 0 Å². The summed E-state index contributed by atoms with van der Waals surface area (Å²) in [5, 5.41) is 5.50. The van der Waals surface area contributed by atoms with Crippen LogP contribution in [0, 0.1) is 0 Å². The van der Waals surface area contributed by atoms with Gasteiger partial charge in [0.25, 0.3) is 0 Å². The Morgan fingerprint density at radius 3 is 3.20 bits per heavy atom. The minimum atomic E-state index is 0. The normalized spacial score (nSPS) is 22.3. The topological polar surface area (TPSA) is 28.2 Å². The Kier molecular flexibility index (Phi) is 5.53. The predicted molar refractivity (Wildman–Crippen MR) is 66.7 cm³/mol. The van der Waals surface area contributed by atoms with Crippen LogP contribution in [0.4, 0.5) is 0 Å². The van der Waals surface area contributed by atoms with E-state index in [4.69, 9.17) is 0 Å². The van der Waals surface area contributed by atoms with Gasteiger partial charge in [-0.15, -0.1) is 23.7 Å². The Hall–Kier alpha value is -0.160. The number of nitrogens with zero attached hydrogens (tertiary/aromatic N) is 2. The molecule has 1 saturated heterocycles. The lowest BCUT2D eigenvalue weighted by molar-refractivity contribution is 0.186. The van der Waals surface area contributed by atoms with Crippen molar-refractivity contribution in [1.29, 1.82) is 0 Å². The van der Waals surface area contributed by atoms with Crippen molar-refractivity contribution in [2.75, 3.05) is 20.1 Å². The largest absolute Gasteiger partial charge is 0.316 e. The van der Waals surface area contributed by atoms with Crippen molar-refractivity contribution in [2.45, 2.75) is 25.4 Å². The summed E-state index contributed by atoms with van der Waals surface area (Å²) >= 11 is 1.68. The minimum Gasteiger partial charge on any atom is -0.316 e. The summed E-state index contributed by atoms with van der Waals surface area (Å²) in [6.07, 6.45) is 2.61. The number of hydrogen-bond donors (Lipinski definition) is 1. The van der Waals surface area contributed by atoms with E-state index >= 15 is 0 Å². The summed E-state index contributed by atoms with van der Waals surface area (Å²) in [7, 11) is 2.05. The maximum Gasteiger partial charge on any atom is 0.0795 e. The van der Waals surface area contributed by atoms with Gasteiger partial charge < -0.3 is 5.32 Å². The smallest absolute Gasteiger partial charge is 0.0795 e. The van der Waals surface area contributed by atoms with E-state index in [2.05, 4.69) is 27.6 Å². The van der Waals surface area contributed by atoms with E-state index in [1.807, 2.05) is 5.51 Å². The summed E-state index contributed by atoms with van der Waals surface area (Å²) in [6, 6.07) is 0.669. The fraction of sp³-hybridized carbons (Fsp3) is 0.700. The fourth-order valence-electron chi connectivity index (χ4n) is 1.98. The maximum atomic E-state index is 4.32.